The summed E-state index contributed by atoms with van der Waals surface area (Å²) in [5, 5.41) is 0.142. The predicted molar refractivity (Wildman–Crippen MR) is 62.8 cm³/mol. The van der Waals surface area contributed by atoms with Crippen molar-refractivity contribution in [3.05, 3.63) is 52.6 Å². The van der Waals surface area contributed by atoms with Crippen LogP contribution in [0, 0.1) is 5.82 Å². The summed E-state index contributed by atoms with van der Waals surface area (Å²) in [7, 11) is 0. The van der Waals surface area contributed by atoms with Crippen molar-refractivity contribution in [2.24, 2.45) is 0 Å². The Morgan fingerprint density at radius 2 is 1.95 bits per heavy atom. The van der Waals surface area contributed by atoms with Gasteiger partial charge < -0.3 is 4.74 Å². The van der Waals surface area contributed by atoms with Crippen molar-refractivity contribution in [1.82, 2.24) is 9.97 Å². The van der Waals surface area contributed by atoms with Gasteiger partial charge in [0.1, 0.15) is 17.6 Å². The molecule has 1 aromatic carbocycles. The molecular formula is C12H7ClF4N2O. The molecule has 0 unspecified atom stereocenters. The maximum atomic E-state index is 13.5. The first-order chi connectivity index (χ1) is 9.36. The molecule has 1 aromatic heterocycles. The topological polar surface area (TPSA) is 35.0 Å². The summed E-state index contributed by atoms with van der Waals surface area (Å²) < 4.78 is 55.7. The van der Waals surface area contributed by atoms with Gasteiger partial charge in [-0.2, -0.15) is 18.2 Å². The average Bonchev–Trinajstić information content (AvgIpc) is 2.36. The molecule has 0 fully saturated rings. The van der Waals surface area contributed by atoms with Gasteiger partial charge in [-0.15, -0.1) is 0 Å². The van der Waals surface area contributed by atoms with Crippen molar-refractivity contribution in [3.63, 3.8) is 0 Å². The molecule has 0 atom stereocenters. The number of hydrogen-bond donors (Lipinski definition) is 0. The summed E-state index contributed by atoms with van der Waals surface area (Å²) >= 11 is 5.60. The minimum Gasteiger partial charge on any atom is -0.458 e. The summed E-state index contributed by atoms with van der Waals surface area (Å²) in [6.45, 7) is -0.301. The van der Waals surface area contributed by atoms with E-state index in [4.69, 9.17) is 16.3 Å². The Kier molecular flexibility index (Phi) is 4.08. The quantitative estimate of drug-likeness (QED) is 0.638. The van der Waals surface area contributed by atoms with Gasteiger partial charge in [0, 0.05) is 11.8 Å². The maximum absolute atomic E-state index is 13.5. The Balaban J connectivity index is 2.11. The van der Waals surface area contributed by atoms with Gasteiger partial charge >= 0.3 is 12.2 Å². The first kappa shape index (κ1) is 14.5. The van der Waals surface area contributed by atoms with E-state index >= 15 is 0 Å². The molecule has 2 aromatic rings. The van der Waals surface area contributed by atoms with Crippen LogP contribution in [0.25, 0.3) is 0 Å². The van der Waals surface area contributed by atoms with E-state index in [1.54, 1.807) is 0 Å². The monoisotopic (exact) mass is 306 g/mol. The molecule has 106 valence electrons. The van der Waals surface area contributed by atoms with E-state index in [2.05, 4.69) is 9.97 Å². The van der Waals surface area contributed by atoms with Crippen LogP contribution in [0.3, 0.4) is 0 Å². The predicted octanol–water partition coefficient (Wildman–Crippen LogP) is 3.87. The Morgan fingerprint density at radius 3 is 2.55 bits per heavy atom. The van der Waals surface area contributed by atoms with Crippen molar-refractivity contribution in [3.8, 4) is 6.01 Å². The van der Waals surface area contributed by atoms with E-state index in [0.717, 1.165) is 12.1 Å². The standard InChI is InChI=1S/C12H7ClF4N2O/c13-10-3-4-18-11(19-10)20-6-7-1-2-8(5-9(7)14)12(15,16)17/h1-5H,6H2. The lowest BCUT2D eigenvalue weighted by molar-refractivity contribution is -0.137. The smallest absolute Gasteiger partial charge is 0.416 e. The second kappa shape index (κ2) is 5.62. The van der Waals surface area contributed by atoms with Crippen molar-refractivity contribution >= 4 is 11.6 Å². The number of halogens is 5. The van der Waals surface area contributed by atoms with Crippen molar-refractivity contribution in [1.29, 1.82) is 0 Å². The van der Waals surface area contributed by atoms with E-state index in [0.29, 0.717) is 6.07 Å². The van der Waals surface area contributed by atoms with Crippen LogP contribution in [-0.2, 0) is 12.8 Å². The van der Waals surface area contributed by atoms with Gasteiger partial charge in [-0.1, -0.05) is 17.7 Å². The average molecular weight is 307 g/mol. The molecule has 1 heterocycles. The molecule has 0 aliphatic heterocycles. The second-order valence-electron chi connectivity index (χ2n) is 3.75. The summed E-state index contributed by atoms with van der Waals surface area (Å²) in [5.74, 6) is -1.01. The lowest BCUT2D eigenvalue weighted by Gasteiger charge is -2.09. The number of hydrogen-bond acceptors (Lipinski definition) is 3. The molecule has 20 heavy (non-hydrogen) atoms. The first-order valence-electron chi connectivity index (χ1n) is 5.33. The van der Waals surface area contributed by atoms with E-state index in [1.807, 2.05) is 0 Å². The minimum absolute atomic E-state index is 0.0402. The van der Waals surface area contributed by atoms with Gasteiger partial charge in [0.05, 0.1) is 5.56 Å². The van der Waals surface area contributed by atoms with E-state index in [-0.39, 0.29) is 23.3 Å². The molecule has 2 rings (SSSR count). The number of rotatable bonds is 3. The summed E-state index contributed by atoms with van der Waals surface area (Å²) in [4.78, 5) is 7.43. The Morgan fingerprint density at radius 1 is 1.20 bits per heavy atom. The van der Waals surface area contributed by atoms with E-state index in [9.17, 15) is 17.6 Å². The van der Waals surface area contributed by atoms with Gasteiger partial charge in [0.25, 0.3) is 0 Å². The highest BCUT2D eigenvalue weighted by Gasteiger charge is 2.31. The molecule has 0 spiro atoms. The minimum atomic E-state index is -4.59. The Hall–Kier alpha value is -1.89. The summed E-state index contributed by atoms with van der Waals surface area (Å²) in [6.07, 6.45) is -3.25. The fraction of sp³-hybridized carbons (Fsp3) is 0.167. The van der Waals surface area contributed by atoms with Crippen molar-refractivity contribution in [2.75, 3.05) is 0 Å². The highest BCUT2D eigenvalue weighted by Crippen LogP contribution is 2.30. The van der Waals surface area contributed by atoms with Crippen LogP contribution in [0.15, 0.2) is 30.5 Å². The number of nitrogens with zero attached hydrogens (tertiary/aromatic N) is 2. The lowest BCUT2D eigenvalue weighted by Crippen LogP contribution is -2.07. The van der Waals surface area contributed by atoms with Crippen molar-refractivity contribution in [2.45, 2.75) is 12.8 Å². The molecule has 8 heteroatoms. The van der Waals surface area contributed by atoms with Gasteiger partial charge in [0.2, 0.25) is 0 Å². The Labute approximate surface area is 116 Å². The molecule has 0 bridgehead atoms. The SMILES string of the molecule is Fc1cc(C(F)(F)F)ccc1COc1nccc(Cl)n1. The second-order valence-corrected chi connectivity index (χ2v) is 4.14. The third-order valence-corrected chi connectivity index (χ3v) is 2.55. The van der Waals surface area contributed by atoms with Crippen LogP contribution in [0.2, 0.25) is 5.15 Å². The van der Waals surface area contributed by atoms with Gasteiger partial charge in [-0.05, 0) is 18.2 Å². The molecular weight excluding hydrogens is 300 g/mol. The Bertz CT molecular complexity index is 619. The van der Waals surface area contributed by atoms with Crippen LogP contribution in [0.4, 0.5) is 17.6 Å². The normalized spacial score (nSPS) is 11.4. The molecule has 0 amide bonds. The molecule has 0 saturated heterocycles. The third kappa shape index (κ3) is 3.57. The molecule has 0 radical (unpaired) electrons. The zero-order valence-electron chi connectivity index (χ0n) is 9.79. The molecule has 3 nitrogen and oxygen atoms in total. The number of ether oxygens (including phenoxy) is 1. The van der Waals surface area contributed by atoms with Crippen LogP contribution >= 0.6 is 11.6 Å². The van der Waals surface area contributed by atoms with E-state index in [1.165, 1.54) is 12.3 Å². The number of alkyl halides is 3. The highest BCUT2D eigenvalue weighted by atomic mass is 35.5. The molecule has 0 N–H and O–H groups in total. The third-order valence-electron chi connectivity index (χ3n) is 2.34. The number of aromatic nitrogens is 2. The zero-order chi connectivity index (χ0) is 14.8. The fourth-order valence-corrected chi connectivity index (χ4v) is 1.50. The largest absolute Gasteiger partial charge is 0.458 e. The van der Waals surface area contributed by atoms with Crippen LogP contribution in [0.1, 0.15) is 11.1 Å². The summed E-state index contributed by atoms with van der Waals surface area (Å²) in [5.41, 5.74) is -1.10. The molecule has 0 aliphatic rings. The fourth-order valence-electron chi connectivity index (χ4n) is 1.37. The van der Waals surface area contributed by atoms with Crippen LogP contribution < -0.4 is 4.74 Å². The number of benzene rings is 1. The van der Waals surface area contributed by atoms with Gasteiger partial charge in [-0.25, -0.2) is 9.37 Å². The van der Waals surface area contributed by atoms with Crippen molar-refractivity contribution < 1.29 is 22.3 Å². The lowest BCUT2D eigenvalue weighted by atomic mass is 10.1. The van der Waals surface area contributed by atoms with Crippen LogP contribution in [0.5, 0.6) is 6.01 Å². The maximum Gasteiger partial charge on any atom is 0.416 e. The highest BCUT2D eigenvalue weighted by molar-refractivity contribution is 6.29. The van der Waals surface area contributed by atoms with E-state index < -0.39 is 17.6 Å². The summed E-state index contributed by atoms with van der Waals surface area (Å²) in [6, 6.07) is 3.53. The molecule has 0 saturated carbocycles. The molecule has 0 aliphatic carbocycles. The first-order valence-corrected chi connectivity index (χ1v) is 5.71. The zero-order valence-corrected chi connectivity index (χ0v) is 10.5. The van der Waals surface area contributed by atoms with Gasteiger partial charge in [0.15, 0.2) is 0 Å². The van der Waals surface area contributed by atoms with Crippen LogP contribution in [-0.4, -0.2) is 9.97 Å². The van der Waals surface area contributed by atoms with Gasteiger partial charge in [-0.3, -0.25) is 0 Å².